The maximum Gasteiger partial charge on any atom is 0.128 e. The van der Waals surface area contributed by atoms with Crippen LogP contribution in [0, 0.1) is 12.8 Å². The first kappa shape index (κ1) is 15.7. The lowest BCUT2D eigenvalue weighted by atomic mass is 10.1. The largest absolute Gasteiger partial charge is 0.355 e. The van der Waals surface area contributed by atoms with Crippen molar-refractivity contribution in [2.24, 2.45) is 11.7 Å². The van der Waals surface area contributed by atoms with E-state index in [-0.39, 0.29) is 0 Å². The number of aromatic nitrogens is 1. The van der Waals surface area contributed by atoms with E-state index in [0.29, 0.717) is 5.92 Å². The van der Waals surface area contributed by atoms with E-state index in [1.54, 1.807) is 0 Å². The third-order valence-corrected chi connectivity index (χ3v) is 4.73. The lowest BCUT2D eigenvalue weighted by molar-refractivity contribution is 0.255. The fourth-order valence-electron chi connectivity index (χ4n) is 2.60. The number of rotatable bonds is 4. The summed E-state index contributed by atoms with van der Waals surface area (Å²) in [5, 5.41) is 0. The van der Waals surface area contributed by atoms with Crippen LogP contribution in [0.25, 0.3) is 0 Å². The molecule has 20 heavy (non-hydrogen) atoms. The van der Waals surface area contributed by atoms with Gasteiger partial charge in [0.1, 0.15) is 5.82 Å². The van der Waals surface area contributed by atoms with Gasteiger partial charge in [0, 0.05) is 30.7 Å². The van der Waals surface area contributed by atoms with Gasteiger partial charge in [-0.15, -0.1) is 0 Å². The van der Waals surface area contributed by atoms with Gasteiger partial charge in [0.15, 0.2) is 0 Å². The fraction of sp³-hybridized carbons (Fsp3) is 0.667. The van der Waals surface area contributed by atoms with Crippen LogP contribution >= 0.6 is 15.9 Å². The average Bonchev–Trinajstić information content (AvgIpc) is 2.67. The van der Waals surface area contributed by atoms with Crippen molar-refractivity contribution in [3.63, 3.8) is 0 Å². The highest BCUT2D eigenvalue weighted by Crippen LogP contribution is 2.20. The second-order valence-corrected chi connectivity index (χ2v) is 6.57. The molecule has 5 heteroatoms. The molecule has 1 aliphatic rings. The third-order valence-electron chi connectivity index (χ3n) is 3.89. The van der Waals surface area contributed by atoms with Crippen LogP contribution in [0.3, 0.4) is 0 Å². The molecule has 1 atom stereocenters. The van der Waals surface area contributed by atoms with Gasteiger partial charge in [-0.2, -0.15) is 0 Å². The van der Waals surface area contributed by atoms with E-state index in [9.17, 15) is 0 Å². The van der Waals surface area contributed by atoms with E-state index in [0.717, 1.165) is 55.3 Å². The summed E-state index contributed by atoms with van der Waals surface area (Å²) in [4.78, 5) is 9.61. The third kappa shape index (κ3) is 4.17. The van der Waals surface area contributed by atoms with E-state index in [1.807, 2.05) is 6.92 Å². The predicted molar refractivity (Wildman–Crippen MR) is 88.2 cm³/mol. The molecule has 0 aromatic carbocycles. The highest BCUT2D eigenvalue weighted by molar-refractivity contribution is 9.10. The molecule has 4 nitrogen and oxygen atoms in total. The van der Waals surface area contributed by atoms with Gasteiger partial charge in [-0.1, -0.05) is 6.92 Å². The molecule has 2 heterocycles. The maximum atomic E-state index is 5.73. The minimum absolute atomic E-state index is 0.578. The molecule has 0 amide bonds. The van der Waals surface area contributed by atoms with Crippen molar-refractivity contribution < 1.29 is 0 Å². The lowest BCUT2D eigenvalue weighted by Crippen LogP contribution is -2.35. The normalized spacial score (nSPS) is 18.9. The van der Waals surface area contributed by atoms with Gasteiger partial charge in [0.2, 0.25) is 0 Å². The zero-order valence-electron chi connectivity index (χ0n) is 12.5. The quantitative estimate of drug-likeness (QED) is 0.913. The molecule has 0 bridgehead atoms. The Hall–Kier alpha value is -0.650. The van der Waals surface area contributed by atoms with Crippen LogP contribution in [-0.4, -0.2) is 49.2 Å². The summed E-state index contributed by atoms with van der Waals surface area (Å²) in [6.45, 7) is 10.5. The van der Waals surface area contributed by atoms with Crippen molar-refractivity contribution in [2.45, 2.75) is 20.3 Å². The molecule has 0 saturated carbocycles. The highest BCUT2D eigenvalue weighted by Gasteiger charge is 2.17. The van der Waals surface area contributed by atoms with Crippen molar-refractivity contribution in [2.75, 3.05) is 44.2 Å². The Labute approximate surface area is 130 Å². The molecule has 1 saturated heterocycles. The summed E-state index contributed by atoms with van der Waals surface area (Å²) < 4.78 is 1.08. The van der Waals surface area contributed by atoms with E-state index in [2.05, 4.69) is 49.8 Å². The summed E-state index contributed by atoms with van der Waals surface area (Å²) >= 11 is 3.51. The van der Waals surface area contributed by atoms with Crippen LogP contribution in [-0.2, 0) is 0 Å². The lowest BCUT2D eigenvalue weighted by Gasteiger charge is -2.24. The van der Waals surface area contributed by atoms with Crippen LogP contribution in [0.15, 0.2) is 16.6 Å². The van der Waals surface area contributed by atoms with Crippen LogP contribution < -0.4 is 10.6 Å². The van der Waals surface area contributed by atoms with E-state index in [4.69, 9.17) is 5.73 Å². The van der Waals surface area contributed by atoms with Crippen molar-refractivity contribution in [1.82, 2.24) is 9.88 Å². The van der Waals surface area contributed by atoms with Crippen LogP contribution in [0.2, 0.25) is 0 Å². The van der Waals surface area contributed by atoms with Gasteiger partial charge in [-0.05, 0) is 60.4 Å². The second kappa shape index (κ2) is 7.38. The Balaban J connectivity index is 1.96. The minimum Gasteiger partial charge on any atom is -0.355 e. The van der Waals surface area contributed by atoms with Crippen molar-refractivity contribution >= 4 is 21.7 Å². The topological polar surface area (TPSA) is 45.4 Å². The first-order valence-electron chi connectivity index (χ1n) is 7.40. The van der Waals surface area contributed by atoms with E-state index >= 15 is 0 Å². The molecule has 0 aliphatic carbocycles. The molecule has 0 radical (unpaired) electrons. The predicted octanol–water partition coefficient (Wildman–Crippen LogP) is 2.26. The number of halogens is 1. The molecule has 1 aromatic rings. The van der Waals surface area contributed by atoms with E-state index in [1.165, 1.54) is 6.42 Å². The molecule has 2 rings (SSSR count). The molecule has 1 unspecified atom stereocenters. The minimum atomic E-state index is 0.578. The molecule has 1 aromatic heterocycles. The maximum absolute atomic E-state index is 5.73. The molecule has 1 fully saturated rings. The monoisotopic (exact) mass is 340 g/mol. The molecular weight excluding hydrogens is 316 g/mol. The van der Waals surface area contributed by atoms with Crippen LogP contribution in [0.5, 0.6) is 0 Å². The van der Waals surface area contributed by atoms with Crippen LogP contribution in [0.4, 0.5) is 5.82 Å². The zero-order chi connectivity index (χ0) is 14.5. The number of nitrogens with zero attached hydrogens (tertiary/aromatic N) is 3. The number of pyridine rings is 1. The summed E-state index contributed by atoms with van der Waals surface area (Å²) in [5.41, 5.74) is 6.78. The Morgan fingerprint density at radius 2 is 2.10 bits per heavy atom. The Kier molecular flexibility index (Phi) is 5.81. The standard InChI is InChI=1S/C15H25BrN4/c1-12(10-17)11-19-6-3-7-20(9-8-19)15-5-4-14(16)13(2)18-15/h4-5,12H,3,6-11,17H2,1-2H3. The summed E-state index contributed by atoms with van der Waals surface area (Å²) in [6, 6.07) is 4.20. The number of aryl methyl sites for hydroxylation is 1. The van der Waals surface area contributed by atoms with Crippen LogP contribution in [0.1, 0.15) is 19.0 Å². The van der Waals surface area contributed by atoms with E-state index < -0.39 is 0 Å². The Morgan fingerprint density at radius 3 is 2.80 bits per heavy atom. The fourth-order valence-corrected chi connectivity index (χ4v) is 2.83. The molecule has 112 valence electrons. The SMILES string of the molecule is Cc1nc(N2CCCN(CC(C)CN)CC2)ccc1Br. The smallest absolute Gasteiger partial charge is 0.128 e. The highest BCUT2D eigenvalue weighted by atomic mass is 79.9. The zero-order valence-corrected chi connectivity index (χ0v) is 14.1. The first-order valence-corrected chi connectivity index (χ1v) is 8.20. The summed E-state index contributed by atoms with van der Waals surface area (Å²) in [5.74, 6) is 1.68. The first-order chi connectivity index (χ1) is 9.60. The van der Waals surface area contributed by atoms with Crippen molar-refractivity contribution in [3.05, 3.63) is 22.3 Å². The van der Waals surface area contributed by atoms with Gasteiger partial charge >= 0.3 is 0 Å². The summed E-state index contributed by atoms with van der Waals surface area (Å²) in [7, 11) is 0. The van der Waals surface area contributed by atoms with Crippen molar-refractivity contribution in [1.29, 1.82) is 0 Å². The van der Waals surface area contributed by atoms with Gasteiger partial charge in [-0.25, -0.2) is 4.98 Å². The number of nitrogens with two attached hydrogens (primary N) is 1. The molecule has 2 N–H and O–H groups in total. The molecule has 0 spiro atoms. The summed E-state index contributed by atoms with van der Waals surface area (Å²) in [6.07, 6.45) is 1.19. The Bertz CT molecular complexity index is 438. The second-order valence-electron chi connectivity index (χ2n) is 5.72. The number of hydrogen-bond acceptors (Lipinski definition) is 4. The van der Waals surface area contributed by atoms with Gasteiger partial charge in [0.25, 0.3) is 0 Å². The molecule has 1 aliphatic heterocycles. The van der Waals surface area contributed by atoms with Gasteiger partial charge < -0.3 is 15.5 Å². The van der Waals surface area contributed by atoms with Gasteiger partial charge in [0.05, 0.1) is 5.69 Å². The van der Waals surface area contributed by atoms with Crippen molar-refractivity contribution in [3.8, 4) is 0 Å². The number of hydrogen-bond donors (Lipinski definition) is 1. The molecular formula is C15H25BrN4. The average molecular weight is 341 g/mol. The Morgan fingerprint density at radius 1 is 1.30 bits per heavy atom. The van der Waals surface area contributed by atoms with Gasteiger partial charge in [-0.3, -0.25) is 0 Å². The number of anilines is 1.